The molecule has 0 spiro atoms. The summed E-state index contributed by atoms with van der Waals surface area (Å²) < 4.78 is 0. The summed E-state index contributed by atoms with van der Waals surface area (Å²) in [6, 6.07) is 9.49. The van der Waals surface area contributed by atoms with Crippen LogP contribution in [0.5, 0.6) is 0 Å². The standard InChI is InChI=1S/C25H25N5O6/c1-13(2)27-21(32)15-4-6-16(7-5-15)28-25(36)26-12-14-3-8-17-18(11-14)24(35)30(23(17)34)19-9-10-20(31)29-22(19)33/h3-8,11,13,19H,9-10,12H2,1-2H3,(H,27,32)(H2,26,28,36)(H,29,31,33). The molecule has 4 N–H and O–H groups in total. The van der Waals surface area contributed by atoms with Crippen molar-refractivity contribution >= 4 is 41.3 Å². The van der Waals surface area contributed by atoms with Gasteiger partial charge >= 0.3 is 6.03 Å². The molecule has 4 rings (SSSR count). The molecule has 7 amide bonds. The first-order chi connectivity index (χ1) is 17.1. The third-order valence-electron chi connectivity index (χ3n) is 5.78. The van der Waals surface area contributed by atoms with Crippen molar-refractivity contribution in [1.29, 1.82) is 0 Å². The van der Waals surface area contributed by atoms with Gasteiger partial charge in [-0.15, -0.1) is 0 Å². The number of rotatable bonds is 6. The van der Waals surface area contributed by atoms with Gasteiger partial charge in [0, 0.05) is 30.3 Å². The van der Waals surface area contributed by atoms with Crippen LogP contribution in [0.4, 0.5) is 10.5 Å². The predicted molar refractivity (Wildman–Crippen MR) is 128 cm³/mol. The molecule has 0 saturated carbocycles. The normalized spacial score (nSPS) is 17.1. The zero-order valence-corrected chi connectivity index (χ0v) is 19.7. The third-order valence-corrected chi connectivity index (χ3v) is 5.78. The zero-order valence-electron chi connectivity index (χ0n) is 19.7. The average molecular weight is 492 g/mol. The van der Waals surface area contributed by atoms with Crippen molar-refractivity contribution < 1.29 is 28.8 Å². The van der Waals surface area contributed by atoms with Gasteiger partial charge in [0.05, 0.1) is 11.1 Å². The van der Waals surface area contributed by atoms with Crippen molar-refractivity contribution in [1.82, 2.24) is 20.9 Å². The molecular weight excluding hydrogens is 466 g/mol. The van der Waals surface area contributed by atoms with Gasteiger partial charge in [0.25, 0.3) is 17.7 Å². The Morgan fingerprint density at radius 1 is 1.00 bits per heavy atom. The lowest BCUT2D eigenvalue weighted by atomic mass is 10.0. The summed E-state index contributed by atoms with van der Waals surface area (Å²) in [4.78, 5) is 74.5. The van der Waals surface area contributed by atoms with Crippen molar-refractivity contribution in [3.8, 4) is 0 Å². The van der Waals surface area contributed by atoms with Crippen molar-refractivity contribution in [3.05, 3.63) is 64.7 Å². The van der Waals surface area contributed by atoms with E-state index in [0.717, 1.165) is 4.90 Å². The van der Waals surface area contributed by atoms with E-state index in [4.69, 9.17) is 0 Å². The number of anilines is 1. The lowest BCUT2D eigenvalue weighted by Gasteiger charge is -2.27. The highest BCUT2D eigenvalue weighted by molar-refractivity contribution is 6.23. The molecule has 1 unspecified atom stereocenters. The molecule has 186 valence electrons. The smallest absolute Gasteiger partial charge is 0.319 e. The van der Waals surface area contributed by atoms with Gasteiger partial charge in [-0.1, -0.05) is 6.07 Å². The molecular formula is C25H25N5O6. The Labute approximate surface area is 206 Å². The van der Waals surface area contributed by atoms with E-state index in [-0.39, 0.29) is 42.5 Å². The molecule has 1 atom stereocenters. The molecule has 0 radical (unpaired) electrons. The molecule has 2 aromatic rings. The van der Waals surface area contributed by atoms with Gasteiger partial charge in [-0.25, -0.2) is 4.79 Å². The number of imide groups is 2. The lowest BCUT2D eigenvalue weighted by molar-refractivity contribution is -0.136. The fourth-order valence-electron chi connectivity index (χ4n) is 4.04. The molecule has 1 saturated heterocycles. The summed E-state index contributed by atoms with van der Waals surface area (Å²) in [5.41, 5.74) is 1.84. The fourth-order valence-corrected chi connectivity index (χ4v) is 4.04. The van der Waals surface area contributed by atoms with E-state index in [1.54, 1.807) is 30.3 Å². The Morgan fingerprint density at radius 3 is 2.36 bits per heavy atom. The number of nitrogens with one attached hydrogen (secondary N) is 4. The molecule has 36 heavy (non-hydrogen) atoms. The molecule has 2 aromatic carbocycles. The van der Waals surface area contributed by atoms with Crippen LogP contribution < -0.4 is 21.3 Å². The number of carbonyl (C=O) groups is 6. The Balaban J connectivity index is 1.36. The number of hydrogen-bond acceptors (Lipinski definition) is 6. The molecule has 2 aliphatic rings. The van der Waals surface area contributed by atoms with E-state index < -0.39 is 35.7 Å². The Morgan fingerprint density at radius 2 is 1.69 bits per heavy atom. The highest BCUT2D eigenvalue weighted by atomic mass is 16.2. The summed E-state index contributed by atoms with van der Waals surface area (Å²) in [7, 11) is 0. The number of fused-ring (bicyclic) bond motifs is 1. The van der Waals surface area contributed by atoms with Gasteiger partial charge < -0.3 is 16.0 Å². The molecule has 2 heterocycles. The van der Waals surface area contributed by atoms with Crippen LogP contribution in [0.25, 0.3) is 0 Å². The van der Waals surface area contributed by atoms with Gasteiger partial charge in [0.15, 0.2) is 0 Å². The second-order valence-corrected chi connectivity index (χ2v) is 8.84. The summed E-state index contributed by atoms with van der Waals surface area (Å²) in [6.07, 6.45) is 0.121. The van der Waals surface area contributed by atoms with Crippen molar-refractivity contribution in [2.24, 2.45) is 0 Å². The maximum Gasteiger partial charge on any atom is 0.319 e. The quantitative estimate of drug-likeness (QED) is 0.450. The fraction of sp³-hybridized carbons (Fsp3) is 0.280. The summed E-state index contributed by atoms with van der Waals surface area (Å²) >= 11 is 0. The summed E-state index contributed by atoms with van der Waals surface area (Å²) in [5, 5.41) is 10.3. The van der Waals surface area contributed by atoms with E-state index in [0.29, 0.717) is 16.8 Å². The maximum atomic E-state index is 12.9. The molecule has 11 nitrogen and oxygen atoms in total. The molecule has 0 bridgehead atoms. The molecule has 1 fully saturated rings. The van der Waals surface area contributed by atoms with Crippen LogP contribution in [0.2, 0.25) is 0 Å². The van der Waals surface area contributed by atoms with Gasteiger partial charge in [0.2, 0.25) is 11.8 Å². The van der Waals surface area contributed by atoms with E-state index in [9.17, 15) is 28.8 Å². The first kappa shape index (κ1) is 24.6. The van der Waals surface area contributed by atoms with Crippen molar-refractivity contribution in [2.45, 2.75) is 45.3 Å². The van der Waals surface area contributed by atoms with Gasteiger partial charge in [-0.3, -0.25) is 34.2 Å². The number of amides is 7. The molecule has 0 aromatic heterocycles. The predicted octanol–water partition coefficient (Wildman–Crippen LogP) is 1.55. The van der Waals surface area contributed by atoms with E-state index in [1.165, 1.54) is 12.1 Å². The Kier molecular flexibility index (Phi) is 6.82. The monoisotopic (exact) mass is 491 g/mol. The zero-order chi connectivity index (χ0) is 26.0. The van der Waals surface area contributed by atoms with E-state index in [1.807, 2.05) is 13.8 Å². The minimum atomic E-state index is -1.04. The topological polar surface area (TPSA) is 154 Å². The summed E-state index contributed by atoms with van der Waals surface area (Å²) in [6.45, 7) is 3.80. The number of nitrogens with zero attached hydrogens (tertiary/aromatic N) is 1. The van der Waals surface area contributed by atoms with Crippen molar-refractivity contribution in [2.75, 3.05) is 5.32 Å². The number of carbonyl (C=O) groups excluding carboxylic acids is 6. The van der Waals surface area contributed by atoms with Crippen LogP contribution in [-0.2, 0) is 16.1 Å². The van der Waals surface area contributed by atoms with Crippen LogP contribution in [0.3, 0.4) is 0 Å². The van der Waals surface area contributed by atoms with E-state index in [2.05, 4.69) is 21.3 Å². The molecule has 11 heteroatoms. The molecule has 0 aliphatic carbocycles. The highest BCUT2D eigenvalue weighted by Gasteiger charge is 2.44. The van der Waals surface area contributed by atoms with Gasteiger partial charge in [-0.05, 0) is 62.2 Å². The minimum Gasteiger partial charge on any atom is -0.350 e. The van der Waals surface area contributed by atoms with Crippen LogP contribution in [0.15, 0.2) is 42.5 Å². The first-order valence-corrected chi connectivity index (χ1v) is 11.4. The number of piperidine rings is 1. The summed E-state index contributed by atoms with van der Waals surface area (Å²) in [5.74, 6) is -2.52. The lowest BCUT2D eigenvalue weighted by Crippen LogP contribution is -2.54. The molecule has 2 aliphatic heterocycles. The minimum absolute atomic E-state index is 0.00853. The second-order valence-electron chi connectivity index (χ2n) is 8.84. The van der Waals surface area contributed by atoms with Gasteiger partial charge in [0.1, 0.15) is 6.04 Å². The van der Waals surface area contributed by atoms with E-state index >= 15 is 0 Å². The Hall–Kier alpha value is -4.54. The van der Waals surface area contributed by atoms with Gasteiger partial charge in [-0.2, -0.15) is 0 Å². The first-order valence-electron chi connectivity index (χ1n) is 11.4. The Bertz CT molecular complexity index is 1270. The number of urea groups is 1. The number of benzene rings is 2. The second kappa shape index (κ2) is 9.98. The largest absolute Gasteiger partial charge is 0.350 e. The number of hydrogen-bond donors (Lipinski definition) is 4. The maximum absolute atomic E-state index is 12.9. The SMILES string of the molecule is CC(C)NC(=O)c1ccc(NC(=O)NCc2ccc3c(c2)C(=O)N(C2CCC(=O)NC2=O)C3=O)cc1. The average Bonchev–Trinajstić information content (AvgIpc) is 3.07. The van der Waals surface area contributed by atoms with Crippen LogP contribution >= 0.6 is 0 Å². The third kappa shape index (κ3) is 5.09. The van der Waals surface area contributed by atoms with Crippen LogP contribution in [0, 0.1) is 0 Å². The van der Waals surface area contributed by atoms with Crippen molar-refractivity contribution in [3.63, 3.8) is 0 Å². The van der Waals surface area contributed by atoms with Crippen LogP contribution in [0.1, 0.15) is 63.3 Å². The van der Waals surface area contributed by atoms with Crippen LogP contribution in [-0.4, -0.2) is 52.6 Å². The highest BCUT2D eigenvalue weighted by Crippen LogP contribution is 2.28.